The van der Waals surface area contributed by atoms with E-state index >= 15 is 0 Å². The van der Waals surface area contributed by atoms with E-state index in [2.05, 4.69) is 0 Å². The Morgan fingerprint density at radius 1 is 1.26 bits per heavy atom. The van der Waals surface area contributed by atoms with Crippen molar-refractivity contribution in [1.29, 1.82) is 0 Å². The summed E-state index contributed by atoms with van der Waals surface area (Å²) in [5.41, 5.74) is 0. The first-order chi connectivity index (χ1) is 8.66. The highest BCUT2D eigenvalue weighted by atomic mass is 32.2. The van der Waals surface area contributed by atoms with Crippen molar-refractivity contribution in [2.24, 2.45) is 0 Å². The van der Waals surface area contributed by atoms with E-state index in [-0.39, 0.29) is 0 Å². The molecule has 1 rings (SSSR count). The molecule has 10 heteroatoms. The number of halogens is 3. The molecule has 6 nitrogen and oxygen atoms in total. The summed E-state index contributed by atoms with van der Waals surface area (Å²) in [6.45, 7) is -0.948. The largest absolute Gasteiger partial charge is 0.479 e. The zero-order chi connectivity index (χ0) is 14.8. The summed E-state index contributed by atoms with van der Waals surface area (Å²) in [6.07, 6.45) is -2.05. The molecule has 1 atom stereocenters. The maximum Gasteiger partial charge on any atom is 0.333 e. The maximum atomic E-state index is 13.2. The average Bonchev–Trinajstić information content (AvgIpc) is 2.32. The first kappa shape index (κ1) is 15.4. The van der Waals surface area contributed by atoms with Crippen LogP contribution in [0.15, 0.2) is 17.0 Å². The van der Waals surface area contributed by atoms with Gasteiger partial charge in [-0.2, -0.15) is 0 Å². The van der Waals surface area contributed by atoms with Gasteiger partial charge >= 0.3 is 5.97 Å². The van der Waals surface area contributed by atoms with Gasteiger partial charge < -0.3 is 10.2 Å². The SMILES string of the molecule is O=C(O)[C@@H](O)CNS(=O)(=O)c1ccc(F)c(F)c1F. The Hall–Kier alpha value is -1.65. The lowest BCUT2D eigenvalue weighted by molar-refractivity contribution is -0.146. The number of carbonyl (C=O) groups is 1. The second-order valence-electron chi connectivity index (χ2n) is 3.38. The van der Waals surface area contributed by atoms with Crippen LogP contribution in [0.3, 0.4) is 0 Å². The van der Waals surface area contributed by atoms with E-state index in [4.69, 9.17) is 10.2 Å². The number of rotatable bonds is 5. The van der Waals surface area contributed by atoms with Crippen LogP contribution in [0, 0.1) is 17.5 Å². The first-order valence-corrected chi connectivity index (χ1v) is 6.19. The third-order valence-electron chi connectivity index (χ3n) is 2.04. The van der Waals surface area contributed by atoms with Gasteiger partial charge in [-0.1, -0.05) is 0 Å². The average molecular weight is 299 g/mol. The Morgan fingerprint density at radius 3 is 2.37 bits per heavy atom. The van der Waals surface area contributed by atoms with E-state index in [0.29, 0.717) is 12.1 Å². The topological polar surface area (TPSA) is 104 Å². The highest BCUT2D eigenvalue weighted by Gasteiger charge is 2.25. The molecule has 0 saturated carbocycles. The van der Waals surface area contributed by atoms with Crippen LogP contribution >= 0.6 is 0 Å². The standard InChI is InChI=1S/C9H8F3NO5S/c10-4-1-2-6(8(12)7(4)11)19(17,18)13-3-5(14)9(15)16/h1-2,5,13-14H,3H2,(H,15,16)/t5-/m0/s1. The fraction of sp³-hybridized carbons (Fsp3) is 0.222. The smallest absolute Gasteiger partial charge is 0.333 e. The summed E-state index contributed by atoms with van der Waals surface area (Å²) in [5, 5.41) is 17.2. The first-order valence-electron chi connectivity index (χ1n) is 4.71. The summed E-state index contributed by atoms with van der Waals surface area (Å²) in [4.78, 5) is 9.06. The van der Waals surface area contributed by atoms with Crippen LogP contribution in [0.2, 0.25) is 0 Å². The van der Waals surface area contributed by atoms with Gasteiger partial charge in [0.05, 0.1) is 0 Å². The lowest BCUT2D eigenvalue weighted by atomic mass is 10.3. The van der Waals surface area contributed by atoms with E-state index < -0.39 is 51.0 Å². The fourth-order valence-corrected chi connectivity index (χ4v) is 2.17. The summed E-state index contributed by atoms with van der Waals surface area (Å²) < 4.78 is 63.3. The Kier molecular flexibility index (Phi) is 4.50. The zero-order valence-corrected chi connectivity index (χ0v) is 9.92. The van der Waals surface area contributed by atoms with E-state index in [9.17, 15) is 26.4 Å². The number of aliphatic hydroxyl groups excluding tert-OH is 1. The van der Waals surface area contributed by atoms with Crippen LogP contribution in [0.25, 0.3) is 0 Å². The van der Waals surface area contributed by atoms with Crippen molar-refractivity contribution >= 4 is 16.0 Å². The molecule has 0 spiro atoms. The molecule has 1 aromatic rings. The third-order valence-corrected chi connectivity index (χ3v) is 3.48. The second-order valence-corrected chi connectivity index (χ2v) is 5.11. The molecule has 0 unspecified atom stereocenters. The minimum absolute atomic E-state index is 0.403. The summed E-state index contributed by atoms with van der Waals surface area (Å²) in [6, 6.07) is 0.879. The van der Waals surface area contributed by atoms with Crippen LogP contribution in [0.5, 0.6) is 0 Å². The third kappa shape index (κ3) is 3.43. The normalized spacial score (nSPS) is 13.3. The molecule has 3 N–H and O–H groups in total. The number of aliphatic hydroxyl groups is 1. The Labute approximate surface area is 105 Å². The van der Waals surface area contributed by atoms with Crippen molar-refractivity contribution in [1.82, 2.24) is 4.72 Å². The predicted octanol–water partition coefficient (Wildman–Crippen LogP) is -0.172. The van der Waals surface area contributed by atoms with E-state index in [1.807, 2.05) is 0 Å². The molecule has 0 heterocycles. The number of nitrogens with one attached hydrogen (secondary N) is 1. The number of benzene rings is 1. The summed E-state index contributed by atoms with van der Waals surface area (Å²) in [5.74, 6) is -7.17. The molecule has 0 amide bonds. The molecule has 0 aliphatic carbocycles. The van der Waals surface area contributed by atoms with Crippen molar-refractivity contribution in [3.63, 3.8) is 0 Å². The van der Waals surface area contributed by atoms with Crippen molar-refractivity contribution in [3.8, 4) is 0 Å². The summed E-state index contributed by atoms with van der Waals surface area (Å²) in [7, 11) is -4.61. The fourth-order valence-electron chi connectivity index (χ4n) is 1.07. The van der Waals surface area contributed by atoms with E-state index in [0.717, 1.165) is 0 Å². The van der Waals surface area contributed by atoms with Gasteiger partial charge in [0.1, 0.15) is 4.90 Å². The molecule has 1 aromatic carbocycles. The van der Waals surface area contributed by atoms with E-state index in [1.165, 1.54) is 0 Å². The molecule has 0 radical (unpaired) electrons. The predicted molar refractivity (Wildman–Crippen MR) is 55.1 cm³/mol. The molecule has 106 valence electrons. The van der Waals surface area contributed by atoms with Gasteiger partial charge in [-0.3, -0.25) is 0 Å². The lowest BCUT2D eigenvalue weighted by Gasteiger charge is -2.09. The molecule has 0 saturated heterocycles. The van der Waals surface area contributed by atoms with Gasteiger partial charge in [-0.25, -0.2) is 31.1 Å². The molecule has 0 aliphatic heterocycles. The van der Waals surface area contributed by atoms with Crippen LogP contribution in [-0.4, -0.2) is 37.2 Å². The Morgan fingerprint density at radius 2 is 1.84 bits per heavy atom. The van der Waals surface area contributed by atoms with Crippen LogP contribution in [-0.2, 0) is 14.8 Å². The number of carboxylic acids is 1. The molecule has 0 bridgehead atoms. The molecule has 0 aliphatic rings. The van der Waals surface area contributed by atoms with Gasteiger partial charge in [-0.15, -0.1) is 0 Å². The minimum Gasteiger partial charge on any atom is -0.479 e. The van der Waals surface area contributed by atoms with Crippen LogP contribution in [0.1, 0.15) is 0 Å². The summed E-state index contributed by atoms with van der Waals surface area (Å²) >= 11 is 0. The van der Waals surface area contributed by atoms with Gasteiger partial charge in [0.2, 0.25) is 10.0 Å². The minimum atomic E-state index is -4.61. The molecular formula is C9H8F3NO5S. The molecule has 0 fully saturated rings. The van der Waals surface area contributed by atoms with Gasteiger partial charge in [0.25, 0.3) is 0 Å². The van der Waals surface area contributed by atoms with Gasteiger partial charge in [0, 0.05) is 6.54 Å². The van der Waals surface area contributed by atoms with Crippen LogP contribution < -0.4 is 4.72 Å². The quantitative estimate of drug-likeness (QED) is 0.655. The highest BCUT2D eigenvalue weighted by Crippen LogP contribution is 2.19. The van der Waals surface area contributed by atoms with Crippen molar-refractivity contribution in [2.45, 2.75) is 11.0 Å². The monoisotopic (exact) mass is 299 g/mol. The van der Waals surface area contributed by atoms with Crippen LogP contribution in [0.4, 0.5) is 13.2 Å². The van der Waals surface area contributed by atoms with Gasteiger partial charge in [-0.05, 0) is 12.1 Å². The number of hydrogen-bond acceptors (Lipinski definition) is 4. The second kappa shape index (κ2) is 5.55. The van der Waals surface area contributed by atoms with Gasteiger partial charge in [0.15, 0.2) is 23.6 Å². The number of sulfonamides is 1. The molecule has 0 aromatic heterocycles. The zero-order valence-electron chi connectivity index (χ0n) is 9.10. The van der Waals surface area contributed by atoms with E-state index in [1.54, 1.807) is 4.72 Å². The molecular weight excluding hydrogens is 291 g/mol. The highest BCUT2D eigenvalue weighted by molar-refractivity contribution is 7.89. The number of hydrogen-bond donors (Lipinski definition) is 3. The Bertz CT molecular complexity index is 604. The lowest BCUT2D eigenvalue weighted by Crippen LogP contribution is -2.36. The Balaban J connectivity index is 3.02. The van der Waals surface area contributed by atoms with Crippen molar-refractivity contribution in [2.75, 3.05) is 6.54 Å². The number of aliphatic carboxylic acids is 1. The van der Waals surface area contributed by atoms with Crippen molar-refractivity contribution < 1.29 is 36.6 Å². The number of carboxylic acid groups (broad SMARTS) is 1. The maximum absolute atomic E-state index is 13.2. The van der Waals surface area contributed by atoms with Crippen molar-refractivity contribution in [3.05, 3.63) is 29.6 Å². The molecule has 19 heavy (non-hydrogen) atoms.